The number of methoxy groups -OCH3 is 2. The maximum Gasteiger partial charge on any atom is 0.233 e. The quantitative estimate of drug-likeness (QED) is 0.712. The highest BCUT2D eigenvalue weighted by molar-refractivity contribution is 8.00. The summed E-state index contributed by atoms with van der Waals surface area (Å²) in [5.74, 6) is 2.76. The highest BCUT2D eigenvalue weighted by Gasteiger charge is 2.17. The van der Waals surface area contributed by atoms with Crippen molar-refractivity contribution >= 4 is 17.7 Å². The first kappa shape index (κ1) is 20.2. The van der Waals surface area contributed by atoms with Gasteiger partial charge < -0.3 is 24.3 Å². The molecule has 0 bridgehead atoms. The third kappa shape index (κ3) is 5.04. The lowest BCUT2D eigenvalue weighted by molar-refractivity contribution is -0.120. The largest absolute Gasteiger partial charge is 0.493 e. The molecule has 1 heterocycles. The normalized spacial score (nSPS) is 14.0. The Bertz CT molecular complexity index is 826. The van der Waals surface area contributed by atoms with Crippen LogP contribution in [0.25, 0.3) is 0 Å². The summed E-state index contributed by atoms with van der Waals surface area (Å²) in [5, 5.41) is 2.72. The van der Waals surface area contributed by atoms with Crippen molar-refractivity contribution in [2.45, 2.75) is 30.0 Å². The monoisotopic (exact) mass is 403 g/mol. The zero-order valence-electron chi connectivity index (χ0n) is 16.3. The highest BCUT2D eigenvalue weighted by atomic mass is 32.2. The first-order valence-corrected chi connectivity index (χ1v) is 10.0. The van der Waals surface area contributed by atoms with Crippen molar-refractivity contribution < 1.29 is 23.7 Å². The number of hydrogen-bond acceptors (Lipinski definition) is 6. The van der Waals surface area contributed by atoms with E-state index < -0.39 is 0 Å². The number of carbonyl (C=O) groups is 1. The number of rotatable bonds is 7. The van der Waals surface area contributed by atoms with Gasteiger partial charge in [-0.15, -0.1) is 11.8 Å². The minimum Gasteiger partial charge on any atom is -0.493 e. The molecule has 0 saturated carbocycles. The standard InChI is InChI=1S/C21H25NO5S/c1-14(28-16-6-8-18-20(12-16)27-10-4-9-26-18)21(23)22-13-15-5-7-17(24-2)19(11-15)25-3/h5-8,11-12,14H,4,9-10,13H2,1-3H3,(H,22,23)/t14-/m1/s1. The van der Waals surface area contributed by atoms with E-state index in [1.165, 1.54) is 11.8 Å². The van der Waals surface area contributed by atoms with Gasteiger partial charge in [0, 0.05) is 17.9 Å². The number of carbonyl (C=O) groups excluding carboxylic acids is 1. The van der Waals surface area contributed by atoms with E-state index in [0.29, 0.717) is 31.3 Å². The molecule has 1 aliphatic rings. The molecule has 2 aromatic carbocycles. The van der Waals surface area contributed by atoms with Gasteiger partial charge in [0.2, 0.25) is 5.91 Å². The lowest BCUT2D eigenvalue weighted by Crippen LogP contribution is -2.30. The molecule has 0 aromatic heterocycles. The van der Waals surface area contributed by atoms with Gasteiger partial charge in [-0.3, -0.25) is 4.79 Å². The van der Waals surface area contributed by atoms with Crippen LogP contribution in [0.15, 0.2) is 41.3 Å². The van der Waals surface area contributed by atoms with E-state index in [-0.39, 0.29) is 11.2 Å². The topological polar surface area (TPSA) is 66.0 Å². The van der Waals surface area contributed by atoms with Crippen LogP contribution in [-0.2, 0) is 11.3 Å². The molecule has 0 saturated heterocycles. The van der Waals surface area contributed by atoms with Gasteiger partial charge in [0.25, 0.3) is 0 Å². The first-order valence-electron chi connectivity index (χ1n) is 9.15. The van der Waals surface area contributed by atoms with Crippen LogP contribution in [0.5, 0.6) is 23.0 Å². The molecule has 0 radical (unpaired) electrons. The SMILES string of the molecule is COc1ccc(CNC(=O)[C@@H](C)Sc2ccc3c(c2)OCCCO3)cc1OC. The van der Waals surface area contributed by atoms with Crippen LogP contribution in [0.2, 0.25) is 0 Å². The summed E-state index contributed by atoms with van der Waals surface area (Å²) in [6, 6.07) is 11.4. The van der Waals surface area contributed by atoms with Gasteiger partial charge in [0.1, 0.15) is 0 Å². The Morgan fingerprint density at radius 1 is 1.07 bits per heavy atom. The molecular weight excluding hydrogens is 378 g/mol. The Balaban J connectivity index is 1.57. The van der Waals surface area contributed by atoms with Gasteiger partial charge in [-0.2, -0.15) is 0 Å². The van der Waals surface area contributed by atoms with Gasteiger partial charge in [-0.1, -0.05) is 6.07 Å². The molecule has 1 aliphatic heterocycles. The van der Waals surface area contributed by atoms with E-state index in [1.807, 2.05) is 43.3 Å². The minimum absolute atomic E-state index is 0.0353. The molecule has 0 spiro atoms. The smallest absolute Gasteiger partial charge is 0.233 e. The van der Waals surface area contributed by atoms with E-state index in [9.17, 15) is 4.79 Å². The third-order valence-electron chi connectivity index (χ3n) is 4.32. The van der Waals surface area contributed by atoms with Crippen LogP contribution in [0.1, 0.15) is 18.9 Å². The molecule has 1 atom stereocenters. The van der Waals surface area contributed by atoms with Crippen LogP contribution < -0.4 is 24.3 Å². The summed E-state index contributed by atoms with van der Waals surface area (Å²) in [4.78, 5) is 13.5. The highest BCUT2D eigenvalue weighted by Crippen LogP contribution is 2.35. The summed E-state index contributed by atoms with van der Waals surface area (Å²) in [7, 11) is 3.19. The van der Waals surface area contributed by atoms with Crippen molar-refractivity contribution in [2.24, 2.45) is 0 Å². The summed E-state index contributed by atoms with van der Waals surface area (Å²) in [6.07, 6.45) is 0.867. The number of thioether (sulfide) groups is 1. The zero-order valence-corrected chi connectivity index (χ0v) is 17.1. The molecule has 2 aromatic rings. The number of benzene rings is 2. The van der Waals surface area contributed by atoms with Crippen LogP contribution >= 0.6 is 11.8 Å². The fourth-order valence-corrected chi connectivity index (χ4v) is 3.72. The molecular formula is C21H25NO5S. The van der Waals surface area contributed by atoms with Gasteiger partial charge in [-0.25, -0.2) is 0 Å². The molecule has 6 nitrogen and oxygen atoms in total. The molecule has 150 valence electrons. The van der Waals surface area contributed by atoms with E-state index in [2.05, 4.69) is 5.32 Å². The molecule has 7 heteroatoms. The predicted molar refractivity (Wildman–Crippen MR) is 109 cm³/mol. The van der Waals surface area contributed by atoms with E-state index in [0.717, 1.165) is 28.4 Å². The van der Waals surface area contributed by atoms with Gasteiger partial charge in [-0.05, 0) is 42.8 Å². The van der Waals surface area contributed by atoms with Gasteiger partial charge in [0.05, 0.1) is 32.7 Å². The van der Waals surface area contributed by atoms with E-state index >= 15 is 0 Å². The second-order valence-corrected chi connectivity index (χ2v) is 7.74. The van der Waals surface area contributed by atoms with E-state index in [1.54, 1.807) is 14.2 Å². The second kappa shape index (κ2) is 9.59. The van der Waals surface area contributed by atoms with Crippen LogP contribution in [0, 0.1) is 0 Å². The Morgan fingerprint density at radius 3 is 2.57 bits per heavy atom. The maximum absolute atomic E-state index is 12.5. The average Bonchev–Trinajstić information content (AvgIpc) is 2.96. The van der Waals surface area contributed by atoms with Crippen molar-refractivity contribution in [3.8, 4) is 23.0 Å². The van der Waals surface area contributed by atoms with Crippen molar-refractivity contribution in [2.75, 3.05) is 27.4 Å². The summed E-state index contributed by atoms with van der Waals surface area (Å²) < 4.78 is 21.9. The second-order valence-electron chi connectivity index (χ2n) is 6.33. The van der Waals surface area contributed by atoms with Crippen molar-refractivity contribution in [1.82, 2.24) is 5.32 Å². The average molecular weight is 404 g/mol. The number of nitrogens with one attached hydrogen (secondary N) is 1. The van der Waals surface area contributed by atoms with Crippen molar-refractivity contribution in [3.05, 3.63) is 42.0 Å². The summed E-state index contributed by atoms with van der Waals surface area (Å²) in [5.41, 5.74) is 0.943. The predicted octanol–water partition coefficient (Wildman–Crippen LogP) is 3.66. The molecule has 28 heavy (non-hydrogen) atoms. The number of amides is 1. The lowest BCUT2D eigenvalue weighted by atomic mass is 10.2. The fourth-order valence-electron chi connectivity index (χ4n) is 2.80. The molecule has 0 unspecified atom stereocenters. The third-order valence-corrected chi connectivity index (χ3v) is 5.41. The van der Waals surface area contributed by atoms with Crippen molar-refractivity contribution in [1.29, 1.82) is 0 Å². The Morgan fingerprint density at radius 2 is 1.82 bits per heavy atom. The number of hydrogen-bond donors (Lipinski definition) is 1. The molecule has 3 rings (SSSR count). The lowest BCUT2D eigenvalue weighted by Gasteiger charge is -2.14. The molecule has 0 fully saturated rings. The molecule has 1 amide bonds. The number of ether oxygens (including phenoxy) is 4. The Hall–Kier alpha value is -2.54. The zero-order chi connectivity index (χ0) is 19.9. The Kier molecular flexibility index (Phi) is 6.92. The molecule has 0 aliphatic carbocycles. The summed E-state index contributed by atoms with van der Waals surface area (Å²) >= 11 is 1.49. The fraction of sp³-hybridized carbons (Fsp3) is 0.381. The van der Waals surface area contributed by atoms with Gasteiger partial charge in [0.15, 0.2) is 23.0 Å². The van der Waals surface area contributed by atoms with Crippen LogP contribution in [0.4, 0.5) is 0 Å². The van der Waals surface area contributed by atoms with E-state index in [4.69, 9.17) is 18.9 Å². The summed E-state index contributed by atoms with van der Waals surface area (Å²) in [6.45, 7) is 3.61. The van der Waals surface area contributed by atoms with Gasteiger partial charge >= 0.3 is 0 Å². The number of fused-ring (bicyclic) bond motifs is 1. The van der Waals surface area contributed by atoms with Crippen molar-refractivity contribution in [3.63, 3.8) is 0 Å². The molecule has 1 N–H and O–H groups in total. The van der Waals surface area contributed by atoms with Crippen LogP contribution in [0.3, 0.4) is 0 Å². The van der Waals surface area contributed by atoms with Crippen LogP contribution in [-0.4, -0.2) is 38.6 Å². The minimum atomic E-state index is -0.245. The Labute approximate surface area is 169 Å². The maximum atomic E-state index is 12.5. The first-order chi connectivity index (χ1) is 13.6.